The van der Waals surface area contributed by atoms with Crippen LogP contribution in [0.2, 0.25) is 0 Å². The molecule has 0 fully saturated rings. The van der Waals surface area contributed by atoms with Crippen LogP contribution in [0, 0.1) is 5.82 Å². The van der Waals surface area contributed by atoms with Gasteiger partial charge in [0.25, 0.3) is 0 Å². The van der Waals surface area contributed by atoms with E-state index in [-0.39, 0.29) is 11.9 Å². The summed E-state index contributed by atoms with van der Waals surface area (Å²) in [7, 11) is 0. The van der Waals surface area contributed by atoms with E-state index in [0.717, 1.165) is 23.9 Å². The predicted molar refractivity (Wildman–Crippen MR) is 74.8 cm³/mol. The molecule has 0 amide bonds. The molecule has 0 aromatic heterocycles. The summed E-state index contributed by atoms with van der Waals surface area (Å²) >= 11 is 0. The highest BCUT2D eigenvalue weighted by atomic mass is 19.1. The van der Waals surface area contributed by atoms with Crippen LogP contribution < -0.4 is 5.32 Å². The summed E-state index contributed by atoms with van der Waals surface area (Å²) in [5, 5.41) is 5.11. The van der Waals surface area contributed by atoms with Crippen molar-refractivity contribution in [3.8, 4) is 0 Å². The Balaban J connectivity index is 2.22. The van der Waals surface area contributed by atoms with Gasteiger partial charge in [-0.25, -0.2) is 4.39 Å². The number of nitrogens with one attached hydrogen (secondary N) is 1. The number of fused-ring (bicyclic) bond motifs is 3. The Hall–Kier alpha value is -1.45. The van der Waals surface area contributed by atoms with Gasteiger partial charge < -0.3 is 10.1 Å². The minimum absolute atomic E-state index is 0.0848. The SMILES string of the molecule is CCNC1COCCc2c1cc(F)c1ccccc21. The van der Waals surface area contributed by atoms with E-state index in [2.05, 4.69) is 12.2 Å². The largest absolute Gasteiger partial charge is 0.379 e. The van der Waals surface area contributed by atoms with Gasteiger partial charge in [0.2, 0.25) is 0 Å². The fraction of sp³-hybridized carbons (Fsp3) is 0.375. The Morgan fingerprint density at radius 2 is 2.11 bits per heavy atom. The Kier molecular flexibility index (Phi) is 3.49. The van der Waals surface area contributed by atoms with Gasteiger partial charge in [0, 0.05) is 5.39 Å². The Labute approximate surface area is 112 Å². The second-order valence-electron chi connectivity index (χ2n) is 4.91. The van der Waals surface area contributed by atoms with Crippen molar-refractivity contribution >= 4 is 10.8 Å². The number of hydrogen-bond acceptors (Lipinski definition) is 2. The molecule has 0 spiro atoms. The van der Waals surface area contributed by atoms with Crippen LogP contribution in [0.1, 0.15) is 24.1 Å². The van der Waals surface area contributed by atoms with Crippen molar-refractivity contribution in [3.05, 3.63) is 47.3 Å². The molecule has 3 rings (SSSR count). The molecule has 1 N–H and O–H groups in total. The first-order chi connectivity index (χ1) is 9.31. The lowest BCUT2D eigenvalue weighted by atomic mass is 9.93. The summed E-state index contributed by atoms with van der Waals surface area (Å²) in [6.07, 6.45) is 0.845. The van der Waals surface area contributed by atoms with E-state index in [4.69, 9.17) is 4.74 Å². The van der Waals surface area contributed by atoms with Crippen LogP contribution in [0.25, 0.3) is 10.8 Å². The van der Waals surface area contributed by atoms with Crippen LogP contribution in [0.5, 0.6) is 0 Å². The molecule has 1 heterocycles. The molecule has 2 aromatic carbocycles. The Morgan fingerprint density at radius 1 is 1.32 bits per heavy atom. The summed E-state index contributed by atoms with van der Waals surface area (Å²) in [6.45, 7) is 4.22. The highest BCUT2D eigenvalue weighted by molar-refractivity contribution is 5.87. The number of rotatable bonds is 2. The van der Waals surface area contributed by atoms with Crippen molar-refractivity contribution in [1.29, 1.82) is 0 Å². The molecular formula is C16H18FNO. The van der Waals surface area contributed by atoms with E-state index in [1.165, 1.54) is 5.56 Å². The topological polar surface area (TPSA) is 21.3 Å². The smallest absolute Gasteiger partial charge is 0.131 e. The lowest BCUT2D eigenvalue weighted by Gasteiger charge is -2.19. The van der Waals surface area contributed by atoms with Crippen molar-refractivity contribution in [2.45, 2.75) is 19.4 Å². The van der Waals surface area contributed by atoms with E-state index in [1.54, 1.807) is 6.07 Å². The minimum Gasteiger partial charge on any atom is -0.379 e. The second-order valence-corrected chi connectivity index (χ2v) is 4.91. The maximum atomic E-state index is 14.3. The lowest BCUT2D eigenvalue weighted by Crippen LogP contribution is -2.25. The predicted octanol–water partition coefficient (Wildman–Crippen LogP) is 3.20. The van der Waals surface area contributed by atoms with Gasteiger partial charge in [-0.3, -0.25) is 0 Å². The molecule has 19 heavy (non-hydrogen) atoms. The van der Waals surface area contributed by atoms with Gasteiger partial charge >= 0.3 is 0 Å². The zero-order valence-corrected chi connectivity index (χ0v) is 11.1. The van der Waals surface area contributed by atoms with E-state index < -0.39 is 0 Å². The number of halogens is 1. The first kappa shape index (κ1) is 12.6. The van der Waals surface area contributed by atoms with Gasteiger partial charge in [-0.1, -0.05) is 31.2 Å². The van der Waals surface area contributed by atoms with Crippen LogP contribution in [0.15, 0.2) is 30.3 Å². The van der Waals surface area contributed by atoms with Gasteiger partial charge in [-0.2, -0.15) is 0 Å². The van der Waals surface area contributed by atoms with Crippen LogP contribution in [0.3, 0.4) is 0 Å². The third-order valence-corrected chi connectivity index (χ3v) is 3.75. The third-order valence-electron chi connectivity index (χ3n) is 3.75. The van der Waals surface area contributed by atoms with E-state index in [9.17, 15) is 4.39 Å². The molecule has 1 unspecified atom stereocenters. The highest BCUT2D eigenvalue weighted by Gasteiger charge is 2.21. The first-order valence-corrected chi connectivity index (χ1v) is 6.82. The van der Waals surface area contributed by atoms with E-state index in [1.807, 2.05) is 24.3 Å². The standard InChI is InChI=1S/C16H18FNO/c1-2-18-16-10-19-8-7-12-11-5-3-4-6-13(11)15(17)9-14(12)16/h3-6,9,16,18H,2,7-8,10H2,1H3. The van der Waals surface area contributed by atoms with Crippen molar-refractivity contribution in [1.82, 2.24) is 5.32 Å². The number of benzene rings is 2. The molecule has 3 heteroatoms. The fourth-order valence-corrected chi connectivity index (χ4v) is 2.88. The molecule has 0 bridgehead atoms. The van der Waals surface area contributed by atoms with Gasteiger partial charge in [0.05, 0.1) is 19.3 Å². The number of ether oxygens (including phenoxy) is 1. The Bertz CT molecular complexity index is 597. The van der Waals surface area contributed by atoms with E-state index in [0.29, 0.717) is 18.6 Å². The number of likely N-dealkylation sites (N-methyl/N-ethyl adjacent to an activating group) is 1. The average Bonchev–Trinajstić information content (AvgIpc) is 2.63. The molecule has 1 atom stereocenters. The lowest BCUT2D eigenvalue weighted by molar-refractivity contribution is 0.122. The summed E-state index contributed by atoms with van der Waals surface area (Å²) in [5.74, 6) is -0.140. The van der Waals surface area contributed by atoms with Crippen LogP contribution in [0.4, 0.5) is 4.39 Å². The minimum atomic E-state index is -0.140. The monoisotopic (exact) mass is 259 g/mol. The zero-order valence-electron chi connectivity index (χ0n) is 11.1. The molecule has 0 aliphatic carbocycles. The van der Waals surface area contributed by atoms with Crippen molar-refractivity contribution in [2.75, 3.05) is 19.8 Å². The molecule has 0 saturated carbocycles. The summed E-state index contributed by atoms with van der Waals surface area (Å²) in [6, 6.07) is 9.47. The Morgan fingerprint density at radius 3 is 2.89 bits per heavy atom. The highest BCUT2D eigenvalue weighted by Crippen LogP contribution is 2.31. The molecule has 2 aromatic rings. The molecule has 1 aliphatic rings. The van der Waals surface area contributed by atoms with Gasteiger partial charge in [-0.05, 0) is 35.5 Å². The van der Waals surface area contributed by atoms with Crippen LogP contribution in [-0.2, 0) is 11.2 Å². The fourth-order valence-electron chi connectivity index (χ4n) is 2.88. The van der Waals surface area contributed by atoms with Crippen LogP contribution >= 0.6 is 0 Å². The van der Waals surface area contributed by atoms with Gasteiger partial charge in [0.1, 0.15) is 5.82 Å². The van der Waals surface area contributed by atoms with Crippen molar-refractivity contribution in [3.63, 3.8) is 0 Å². The summed E-state index contributed by atoms with van der Waals surface area (Å²) in [5.41, 5.74) is 2.27. The molecule has 100 valence electrons. The molecule has 0 saturated heterocycles. The molecule has 2 nitrogen and oxygen atoms in total. The maximum Gasteiger partial charge on any atom is 0.131 e. The third kappa shape index (κ3) is 2.24. The van der Waals surface area contributed by atoms with Crippen molar-refractivity contribution in [2.24, 2.45) is 0 Å². The van der Waals surface area contributed by atoms with Gasteiger partial charge in [-0.15, -0.1) is 0 Å². The second kappa shape index (κ2) is 5.27. The molecule has 0 radical (unpaired) electrons. The molecular weight excluding hydrogens is 241 g/mol. The first-order valence-electron chi connectivity index (χ1n) is 6.82. The quantitative estimate of drug-likeness (QED) is 0.894. The number of hydrogen-bond donors (Lipinski definition) is 1. The zero-order chi connectivity index (χ0) is 13.2. The molecule has 1 aliphatic heterocycles. The van der Waals surface area contributed by atoms with Gasteiger partial charge in [0.15, 0.2) is 0 Å². The maximum absolute atomic E-state index is 14.3. The van der Waals surface area contributed by atoms with Crippen LogP contribution in [-0.4, -0.2) is 19.8 Å². The summed E-state index contributed by atoms with van der Waals surface area (Å²) in [4.78, 5) is 0. The van der Waals surface area contributed by atoms with Crippen molar-refractivity contribution < 1.29 is 9.13 Å². The average molecular weight is 259 g/mol. The van der Waals surface area contributed by atoms with E-state index >= 15 is 0 Å². The summed E-state index contributed by atoms with van der Waals surface area (Å²) < 4.78 is 19.9. The normalized spacial score (nSPS) is 19.2.